The summed E-state index contributed by atoms with van der Waals surface area (Å²) in [7, 11) is 0. The summed E-state index contributed by atoms with van der Waals surface area (Å²) in [5, 5.41) is 8.88. The number of nitriles is 1. The Morgan fingerprint density at radius 3 is 2.90 bits per heavy atom. The van der Waals surface area contributed by atoms with Crippen LogP contribution in [0.15, 0.2) is 36.4 Å². The van der Waals surface area contributed by atoms with E-state index >= 15 is 0 Å². The van der Waals surface area contributed by atoms with Gasteiger partial charge >= 0.3 is 0 Å². The molecule has 0 amide bonds. The quantitative estimate of drug-likeness (QED) is 0.910. The van der Waals surface area contributed by atoms with Crippen molar-refractivity contribution in [2.45, 2.75) is 12.8 Å². The van der Waals surface area contributed by atoms with Crippen molar-refractivity contribution < 1.29 is 9.47 Å². The number of hydrogen-bond donors (Lipinski definition) is 1. The van der Waals surface area contributed by atoms with Crippen molar-refractivity contribution in [1.29, 1.82) is 5.26 Å². The van der Waals surface area contributed by atoms with Crippen molar-refractivity contribution in [3.63, 3.8) is 0 Å². The Kier molecular flexibility index (Phi) is 3.61. The molecule has 0 atom stereocenters. The molecule has 3 rings (SSSR count). The van der Waals surface area contributed by atoms with Gasteiger partial charge in [0.15, 0.2) is 0 Å². The van der Waals surface area contributed by atoms with E-state index in [1.807, 2.05) is 0 Å². The summed E-state index contributed by atoms with van der Waals surface area (Å²) in [6, 6.07) is 12.4. The lowest BCUT2D eigenvalue weighted by atomic mass is 10.2. The first kappa shape index (κ1) is 13.3. The molecule has 0 bridgehead atoms. The van der Waals surface area contributed by atoms with E-state index in [1.54, 1.807) is 36.4 Å². The molecule has 1 saturated carbocycles. The van der Waals surface area contributed by atoms with E-state index in [4.69, 9.17) is 20.5 Å². The second-order valence-corrected chi connectivity index (χ2v) is 5.04. The lowest BCUT2D eigenvalue weighted by molar-refractivity contribution is 0.286. The third-order valence-corrected chi connectivity index (χ3v) is 3.20. The van der Waals surface area contributed by atoms with Gasteiger partial charge in [0.1, 0.15) is 5.75 Å². The summed E-state index contributed by atoms with van der Waals surface area (Å²) >= 11 is 0. The maximum Gasteiger partial charge on any atom is 0.240 e. The number of nitrogens with two attached hydrogens (primary N) is 1. The van der Waals surface area contributed by atoms with Gasteiger partial charge in [-0.1, -0.05) is 6.07 Å². The molecule has 1 heterocycles. The molecule has 0 aliphatic heterocycles. The van der Waals surface area contributed by atoms with Crippen molar-refractivity contribution in [3.05, 3.63) is 42.0 Å². The van der Waals surface area contributed by atoms with Gasteiger partial charge in [0.2, 0.25) is 11.8 Å². The molecule has 0 saturated heterocycles. The lowest BCUT2D eigenvalue weighted by Gasteiger charge is -2.10. The summed E-state index contributed by atoms with van der Waals surface area (Å²) in [5.74, 6) is 1.98. The minimum Gasteiger partial charge on any atom is -0.476 e. The fraction of sp³-hybridized carbons (Fsp3) is 0.250. The average Bonchev–Trinajstić information content (AvgIpc) is 3.32. The van der Waals surface area contributed by atoms with Gasteiger partial charge in [0.05, 0.1) is 23.9 Å². The second kappa shape index (κ2) is 5.71. The predicted molar refractivity (Wildman–Crippen MR) is 78.1 cm³/mol. The number of ether oxygens (including phenoxy) is 2. The summed E-state index contributed by atoms with van der Waals surface area (Å²) in [4.78, 5) is 4.27. The van der Waals surface area contributed by atoms with E-state index in [-0.39, 0.29) is 0 Å². The fourth-order valence-corrected chi connectivity index (χ4v) is 1.84. The van der Waals surface area contributed by atoms with Crippen LogP contribution in [0.1, 0.15) is 18.4 Å². The van der Waals surface area contributed by atoms with Crippen molar-refractivity contribution >= 4 is 5.69 Å². The number of benzene rings is 1. The van der Waals surface area contributed by atoms with E-state index in [9.17, 15) is 0 Å². The minimum absolute atomic E-state index is 0.394. The van der Waals surface area contributed by atoms with Gasteiger partial charge in [-0.05, 0) is 43.0 Å². The Morgan fingerprint density at radius 1 is 1.29 bits per heavy atom. The van der Waals surface area contributed by atoms with Crippen molar-refractivity contribution in [2.24, 2.45) is 5.92 Å². The monoisotopic (exact) mass is 281 g/mol. The van der Waals surface area contributed by atoms with Crippen LogP contribution in [0, 0.1) is 17.2 Å². The first-order chi connectivity index (χ1) is 10.2. The van der Waals surface area contributed by atoms with Crippen LogP contribution in [0.3, 0.4) is 0 Å². The van der Waals surface area contributed by atoms with E-state index < -0.39 is 0 Å². The Hall–Kier alpha value is -2.74. The van der Waals surface area contributed by atoms with Crippen LogP contribution < -0.4 is 15.2 Å². The summed E-state index contributed by atoms with van der Waals surface area (Å²) in [5.41, 5.74) is 6.88. The molecule has 1 aliphatic carbocycles. The number of anilines is 1. The highest BCUT2D eigenvalue weighted by molar-refractivity contribution is 5.50. The van der Waals surface area contributed by atoms with Gasteiger partial charge in [-0.2, -0.15) is 10.2 Å². The highest BCUT2D eigenvalue weighted by Gasteiger charge is 2.22. The van der Waals surface area contributed by atoms with E-state index in [2.05, 4.69) is 11.1 Å². The van der Waals surface area contributed by atoms with E-state index in [0.717, 1.165) is 0 Å². The molecule has 1 aromatic heterocycles. The van der Waals surface area contributed by atoms with E-state index in [1.165, 1.54) is 12.8 Å². The number of rotatable bonds is 5. The van der Waals surface area contributed by atoms with Crippen LogP contribution in [-0.2, 0) is 0 Å². The summed E-state index contributed by atoms with van der Waals surface area (Å²) < 4.78 is 11.3. The van der Waals surface area contributed by atoms with Crippen molar-refractivity contribution in [2.75, 3.05) is 12.3 Å². The first-order valence-electron chi connectivity index (χ1n) is 6.82. The first-order valence-corrected chi connectivity index (χ1v) is 6.82. The topological polar surface area (TPSA) is 81.2 Å². The van der Waals surface area contributed by atoms with Gasteiger partial charge < -0.3 is 15.2 Å². The van der Waals surface area contributed by atoms with Gasteiger partial charge in [-0.3, -0.25) is 0 Å². The molecule has 2 N–H and O–H groups in total. The SMILES string of the molecule is N#Cc1cccc(Oc2ccc(N)c(OCC3CC3)n2)c1. The summed E-state index contributed by atoms with van der Waals surface area (Å²) in [6.07, 6.45) is 2.41. The molecule has 21 heavy (non-hydrogen) atoms. The zero-order chi connectivity index (χ0) is 14.7. The normalized spacial score (nSPS) is 13.5. The minimum atomic E-state index is 0.394. The second-order valence-electron chi connectivity index (χ2n) is 5.04. The Morgan fingerprint density at radius 2 is 2.14 bits per heavy atom. The highest BCUT2D eigenvalue weighted by atomic mass is 16.5. The molecular weight excluding hydrogens is 266 g/mol. The zero-order valence-electron chi connectivity index (χ0n) is 11.5. The smallest absolute Gasteiger partial charge is 0.240 e. The van der Waals surface area contributed by atoms with Gasteiger partial charge in [0.25, 0.3) is 0 Å². The third kappa shape index (κ3) is 3.42. The maximum absolute atomic E-state index is 8.88. The van der Waals surface area contributed by atoms with Crippen LogP contribution in [0.5, 0.6) is 17.5 Å². The molecule has 1 aromatic carbocycles. The molecule has 2 aromatic rings. The lowest BCUT2D eigenvalue weighted by Crippen LogP contribution is -2.04. The van der Waals surface area contributed by atoms with Crippen LogP contribution in [0.4, 0.5) is 5.69 Å². The zero-order valence-corrected chi connectivity index (χ0v) is 11.5. The molecular formula is C16H15N3O2. The summed E-state index contributed by atoms with van der Waals surface area (Å²) in [6.45, 7) is 0.643. The Labute approximate surface area is 122 Å². The molecule has 0 unspecified atom stereocenters. The average molecular weight is 281 g/mol. The molecule has 0 radical (unpaired) electrons. The molecule has 5 nitrogen and oxygen atoms in total. The molecule has 0 spiro atoms. The fourth-order valence-electron chi connectivity index (χ4n) is 1.84. The predicted octanol–water partition coefficient (Wildman–Crippen LogP) is 3.12. The van der Waals surface area contributed by atoms with E-state index in [0.29, 0.717) is 41.3 Å². The largest absolute Gasteiger partial charge is 0.476 e. The number of hydrogen-bond acceptors (Lipinski definition) is 5. The number of nitrogens with zero attached hydrogens (tertiary/aromatic N) is 2. The number of aromatic nitrogens is 1. The van der Waals surface area contributed by atoms with Gasteiger partial charge in [0, 0.05) is 6.07 Å². The van der Waals surface area contributed by atoms with Crippen LogP contribution in [0.25, 0.3) is 0 Å². The van der Waals surface area contributed by atoms with Gasteiger partial charge in [-0.25, -0.2) is 0 Å². The number of pyridine rings is 1. The molecule has 1 aliphatic rings. The number of nitrogen functional groups attached to an aromatic ring is 1. The maximum atomic E-state index is 8.88. The van der Waals surface area contributed by atoms with Crippen LogP contribution >= 0.6 is 0 Å². The third-order valence-electron chi connectivity index (χ3n) is 3.20. The molecule has 5 heteroatoms. The van der Waals surface area contributed by atoms with Crippen molar-refractivity contribution in [1.82, 2.24) is 4.98 Å². The highest BCUT2D eigenvalue weighted by Crippen LogP contribution is 2.31. The van der Waals surface area contributed by atoms with Crippen LogP contribution in [0.2, 0.25) is 0 Å². The molecule has 1 fully saturated rings. The molecule has 106 valence electrons. The standard InChI is InChI=1S/C16H15N3O2/c17-9-12-2-1-3-13(8-12)21-15-7-6-14(18)16(19-15)20-10-11-4-5-11/h1-3,6-8,11H,4-5,10,18H2. The Bertz CT molecular complexity index is 690. The van der Waals surface area contributed by atoms with Crippen molar-refractivity contribution in [3.8, 4) is 23.6 Å². The van der Waals surface area contributed by atoms with Crippen LogP contribution in [-0.4, -0.2) is 11.6 Å². The van der Waals surface area contributed by atoms with Gasteiger partial charge in [-0.15, -0.1) is 0 Å². The Balaban J connectivity index is 1.75.